The van der Waals surface area contributed by atoms with Crippen LogP contribution in [0.2, 0.25) is 0 Å². The van der Waals surface area contributed by atoms with Gasteiger partial charge in [-0.2, -0.15) is 11.8 Å². The van der Waals surface area contributed by atoms with Gasteiger partial charge in [-0.3, -0.25) is 0 Å². The van der Waals surface area contributed by atoms with Crippen LogP contribution in [-0.4, -0.2) is 27.8 Å². The fraction of sp³-hybridized carbons (Fsp3) is 1.00. The van der Waals surface area contributed by atoms with Gasteiger partial charge in [0.15, 0.2) is 0 Å². The zero-order valence-corrected chi connectivity index (χ0v) is 11.7. The first kappa shape index (κ1) is 14.3. The van der Waals surface area contributed by atoms with Gasteiger partial charge >= 0.3 is 0 Å². The van der Waals surface area contributed by atoms with Crippen molar-refractivity contribution in [1.29, 1.82) is 0 Å². The highest BCUT2D eigenvalue weighted by atomic mass is 32.2. The van der Waals surface area contributed by atoms with Crippen molar-refractivity contribution in [2.24, 2.45) is 11.7 Å². The molecule has 2 nitrogen and oxygen atoms in total. The molecule has 0 aliphatic heterocycles. The average Bonchev–Trinajstić information content (AvgIpc) is 2.16. The predicted octanol–water partition coefficient (Wildman–Crippen LogP) is 2.79. The molecule has 3 heteroatoms. The maximum atomic E-state index is 9.94. The molecule has 1 saturated carbocycles. The van der Waals surface area contributed by atoms with E-state index in [1.165, 1.54) is 25.7 Å². The zero-order valence-electron chi connectivity index (χ0n) is 10.9. The van der Waals surface area contributed by atoms with E-state index in [1.54, 1.807) is 0 Å². The summed E-state index contributed by atoms with van der Waals surface area (Å²) >= 11 is 2.05. The van der Waals surface area contributed by atoms with Crippen molar-refractivity contribution in [2.45, 2.75) is 69.0 Å². The van der Waals surface area contributed by atoms with Gasteiger partial charge in [0, 0.05) is 17.0 Å². The summed E-state index contributed by atoms with van der Waals surface area (Å²) in [7, 11) is 0. The summed E-state index contributed by atoms with van der Waals surface area (Å²) in [6.45, 7) is 6.77. The Kier molecular flexibility index (Phi) is 5.62. The molecule has 4 atom stereocenters. The maximum absolute atomic E-state index is 9.94. The standard InChI is InChI=1S/C13H27NOS/c1-10-5-4-6-12(7-10)16-11(2)8-13(3,15)9-14/h10-12,15H,4-9,14H2,1-3H3. The Morgan fingerprint density at radius 3 is 2.75 bits per heavy atom. The fourth-order valence-electron chi connectivity index (χ4n) is 2.58. The molecule has 0 aromatic carbocycles. The first-order valence-electron chi connectivity index (χ1n) is 6.51. The molecule has 0 aromatic rings. The highest BCUT2D eigenvalue weighted by Gasteiger charge is 2.26. The lowest BCUT2D eigenvalue weighted by atomic mass is 9.90. The second-order valence-corrected chi connectivity index (χ2v) is 7.49. The van der Waals surface area contributed by atoms with Crippen LogP contribution < -0.4 is 5.73 Å². The molecule has 1 aliphatic carbocycles. The van der Waals surface area contributed by atoms with Crippen molar-refractivity contribution in [3.05, 3.63) is 0 Å². The Hall–Kier alpha value is 0.270. The topological polar surface area (TPSA) is 46.2 Å². The lowest BCUT2D eigenvalue weighted by molar-refractivity contribution is 0.0607. The van der Waals surface area contributed by atoms with Crippen molar-refractivity contribution in [3.63, 3.8) is 0 Å². The van der Waals surface area contributed by atoms with Crippen LogP contribution in [0.15, 0.2) is 0 Å². The Morgan fingerprint density at radius 2 is 2.19 bits per heavy atom. The lowest BCUT2D eigenvalue weighted by Crippen LogP contribution is -2.37. The summed E-state index contributed by atoms with van der Waals surface area (Å²) in [5, 5.41) is 11.2. The minimum atomic E-state index is -0.688. The summed E-state index contributed by atoms with van der Waals surface area (Å²) < 4.78 is 0. The van der Waals surface area contributed by atoms with Crippen molar-refractivity contribution < 1.29 is 5.11 Å². The summed E-state index contributed by atoms with van der Waals surface area (Å²) in [5.74, 6) is 0.883. The third-order valence-corrected chi connectivity index (χ3v) is 4.92. The van der Waals surface area contributed by atoms with Crippen LogP contribution in [0.1, 0.15) is 52.9 Å². The third-order valence-electron chi connectivity index (χ3n) is 3.48. The second kappa shape index (κ2) is 6.27. The number of nitrogens with two attached hydrogens (primary N) is 1. The van der Waals surface area contributed by atoms with Crippen LogP contribution in [0.5, 0.6) is 0 Å². The third kappa shape index (κ3) is 5.07. The Balaban J connectivity index is 2.30. The fourth-order valence-corrected chi connectivity index (χ4v) is 4.44. The van der Waals surface area contributed by atoms with E-state index in [-0.39, 0.29) is 0 Å². The molecule has 1 fully saturated rings. The minimum Gasteiger partial charge on any atom is -0.389 e. The molecule has 1 aliphatic rings. The Bertz CT molecular complexity index is 208. The first-order chi connectivity index (χ1) is 7.43. The Morgan fingerprint density at radius 1 is 1.50 bits per heavy atom. The molecular weight excluding hydrogens is 218 g/mol. The van der Waals surface area contributed by atoms with E-state index in [9.17, 15) is 5.11 Å². The van der Waals surface area contributed by atoms with Gasteiger partial charge in [0.05, 0.1) is 5.60 Å². The lowest BCUT2D eigenvalue weighted by Gasteiger charge is -2.31. The van der Waals surface area contributed by atoms with Crippen LogP contribution in [0.3, 0.4) is 0 Å². The van der Waals surface area contributed by atoms with Gasteiger partial charge in [-0.05, 0) is 32.1 Å². The van der Waals surface area contributed by atoms with Gasteiger partial charge in [0.25, 0.3) is 0 Å². The van der Waals surface area contributed by atoms with Gasteiger partial charge in [-0.15, -0.1) is 0 Å². The van der Waals surface area contributed by atoms with Gasteiger partial charge in [0.1, 0.15) is 0 Å². The SMILES string of the molecule is CC1CCCC(SC(C)CC(C)(O)CN)C1. The molecule has 0 aromatic heterocycles. The van der Waals surface area contributed by atoms with Crippen LogP contribution in [0.25, 0.3) is 0 Å². The molecule has 0 heterocycles. The predicted molar refractivity (Wildman–Crippen MR) is 72.8 cm³/mol. The summed E-state index contributed by atoms with van der Waals surface area (Å²) in [4.78, 5) is 0. The van der Waals surface area contributed by atoms with E-state index in [2.05, 4.69) is 25.6 Å². The van der Waals surface area contributed by atoms with Gasteiger partial charge in [0.2, 0.25) is 0 Å². The van der Waals surface area contributed by atoms with E-state index in [0.717, 1.165) is 17.6 Å². The highest BCUT2D eigenvalue weighted by molar-refractivity contribution is 8.00. The molecule has 4 unspecified atom stereocenters. The summed E-state index contributed by atoms with van der Waals surface area (Å²) in [6.07, 6.45) is 6.27. The molecule has 0 bridgehead atoms. The van der Waals surface area contributed by atoms with E-state index in [0.29, 0.717) is 11.8 Å². The number of rotatable bonds is 5. The van der Waals surface area contributed by atoms with E-state index >= 15 is 0 Å². The molecule has 0 amide bonds. The van der Waals surface area contributed by atoms with Crippen LogP contribution >= 0.6 is 11.8 Å². The second-order valence-electron chi connectivity index (χ2n) is 5.75. The molecule has 0 saturated heterocycles. The average molecular weight is 245 g/mol. The summed E-state index contributed by atoms with van der Waals surface area (Å²) in [5.41, 5.74) is 4.86. The number of thioether (sulfide) groups is 1. The van der Waals surface area contributed by atoms with Crippen LogP contribution in [0.4, 0.5) is 0 Å². The molecule has 1 rings (SSSR count). The largest absolute Gasteiger partial charge is 0.389 e. The van der Waals surface area contributed by atoms with Crippen molar-refractivity contribution in [2.75, 3.05) is 6.54 Å². The molecular formula is C13H27NOS. The number of aliphatic hydroxyl groups is 1. The molecule has 3 N–H and O–H groups in total. The van der Waals surface area contributed by atoms with Crippen molar-refractivity contribution >= 4 is 11.8 Å². The van der Waals surface area contributed by atoms with E-state index in [1.807, 2.05) is 6.92 Å². The quantitative estimate of drug-likeness (QED) is 0.783. The van der Waals surface area contributed by atoms with E-state index in [4.69, 9.17) is 5.73 Å². The van der Waals surface area contributed by atoms with Crippen molar-refractivity contribution in [3.8, 4) is 0 Å². The van der Waals surface area contributed by atoms with Crippen molar-refractivity contribution in [1.82, 2.24) is 0 Å². The number of hydrogen-bond acceptors (Lipinski definition) is 3. The normalized spacial score (nSPS) is 32.1. The highest BCUT2D eigenvalue weighted by Crippen LogP contribution is 2.35. The van der Waals surface area contributed by atoms with E-state index < -0.39 is 5.60 Å². The minimum absolute atomic E-state index is 0.360. The van der Waals surface area contributed by atoms with Gasteiger partial charge in [-0.1, -0.05) is 26.7 Å². The zero-order chi connectivity index (χ0) is 12.2. The molecule has 0 spiro atoms. The number of hydrogen-bond donors (Lipinski definition) is 2. The Labute approximate surface area is 104 Å². The smallest absolute Gasteiger partial charge is 0.0751 e. The molecule has 96 valence electrons. The van der Waals surface area contributed by atoms with Gasteiger partial charge < -0.3 is 10.8 Å². The van der Waals surface area contributed by atoms with Crippen LogP contribution in [-0.2, 0) is 0 Å². The molecule has 16 heavy (non-hydrogen) atoms. The summed E-state index contributed by atoms with van der Waals surface area (Å²) in [6, 6.07) is 0. The van der Waals surface area contributed by atoms with Gasteiger partial charge in [-0.25, -0.2) is 0 Å². The maximum Gasteiger partial charge on any atom is 0.0751 e. The monoisotopic (exact) mass is 245 g/mol. The first-order valence-corrected chi connectivity index (χ1v) is 7.45. The van der Waals surface area contributed by atoms with Crippen LogP contribution in [0, 0.1) is 5.92 Å². The molecule has 0 radical (unpaired) electrons.